The van der Waals surface area contributed by atoms with Crippen molar-refractivity contribution in [3.63, 3.8) is 0 Å². The fraction of sp³-hybridized carbons (Fsp3) is 0.231. The molecule has 0 saturated carbocycles. The summed E-state index contributed by atoms with van der Waals surface area (Å²) in [5.74, 6) is 0.300. The van der Waals surface area contributed by atoms with Crippen LogP contribution in [0, 0.1) is 6.92 Å². The van der Waals surface area contributed by atoms with Crippen molar-refractivity contribution in [1.82, 2.24) is 9.55 Å². The Labute approximate surface area is 124 Å². The zero-order valence-electron chi connectivity index (χ0n) is 10.6. The Kier molecular flexibility index (Phi) is 4.27. The van der Waals surface area contributed by atoms with Gasteiger partial charge < -0.3 is 9.88 Å². The summed E-state index contributed by atoms with van der Waals surface area (Å²) < 4.78 is 2.70. The first kappa shape index (κ1) is 14.1. The SMILES string of the molecule is CCn1cc(Cl)cc1C(=O)Nc1cc(C)c(Br)cn1. The maximum Gasteiger partial charge on any atom is 0.273 e. The second kappa shape index (κ2) is 5.75. The maximum atomic E-state index is 12.2. The summed E-state index contributed by atoms with van der Waals surface area (Å²) in [5, 5.41) is 3.31. The van der Waals surface area contributed by atoms with Crippen molar-refractivity contribution < 1.29 is 4.79 Å². The normalized spacial score (nSPS) is 10.5. The van der Waals surface area contributed by atoms with Gasteiger partial charge in [0.15, 0.2) is 0 Å². The highest BCUT2D eigenvalue weighted by atomic mass is 79.9. The molecule has 1 N–H and O–H groups in total. The Morgan fingerprint density at radius 2 is 2.26 bits per heavy atom. The van der Waals surface area contributed by atoms with Gasteiger partial charge in [0.1, 0.15) is 11.5 Å². The largest absolute Gasteiger partial charge is 0.342 e. The zero-order valence-corrected chi connectivity index (χ0v) is 12.9. The van der Waals surface area contributed by atoms with Crippen LogP contribution in [0.15, 0.2) is 29.0 Å². The third-order valence-electron chi connectivity index (χ3n) is 2.73. The lowest BCUT2D eigenvalue weighted by Crippen LogP contribution is -2.17. The Balaban J connectivity index is 2.22. The smallest absolute Gasteiger partial charge is 0.273 e. The van der Waals surface area contributed by atoms with Crippen LogP contribution in [0.4, 0.5) is 5.82 Å². The molecule has 2 aromatic heterocycles. The number of rotatable bonds is 3. The van der Waals surface area contributed by atoms with Crippen LogP contribution in [-0.2, 0) is 6.54 Å². The molecule has 100 valence electrons. The average molecular weight is 343 g/mol. The highest BCUT2D eigenvalue weighted by Crippen LogP contribution is 2.19. The molecule has 0 saturated heterocycles. The van der Waals surface area contributed by atoms with Gasteiger partial charge in [-0.3, -0.25) is 4.79 Å². The van der Waals surface area contributed by atoms with Crippen LogP contribution in [0.2, 0.25) is 5.02 Å². The molecule has 19 heavy (non-hydrogen) atoms. The number of halogens is 2. The zero-order chi connectivity index (χ0) is 14.0. The van der Waals surface area contributed by atoms with Crippen molar-refractivity contribution in [2.75, 3.05) is 5.32 Å². The van der Waals surface area contributed by atoms with Gasteiger partial charge in [-0.15, -0.1) is 0 Å². The number of hydrogen-bond donors (Lipinski definition) is 1. The van der Waals surface area contributed by atoms with Crippen LogP contribution in [0.1, 0.15) is 23.0 Å². The topological polar surface area (TPSA) is 46.9 Å². The van der Waals surface area contributed by atoms with Crippen LogP contribution >= 0.6 is 27.5 Å². The number of carbonyl (C=O) groups is 1. The van der Waals surface area contributed by atoms with Gasteiger partial charge in [-0.1, -0.05) is 11.6 Å². The summed E-state index contributed by atoms with van der Waals surface area (Å²) in [5.41, 5.74) is 1.53. The molecule has 2 rings (SSSR count). The first-order valence-electron chi connectivity index (χ1n) is 5.80. The number of pyridine rings is 1. The van der Waals surface area contributed by atoms with Gasteiger partial charge >= 0.3 is 0 Å². The fourth-order valence-corrected chi connectivity index (χ4v) is 2.15. The summed E-state index contributed by atoms with van der Waals surface area (Å²) in [4.78, 5) is 16.3. The number of nitrogens with zero attached hydrogens (tertiary/aromatic N) is 2. The lowest BCUT2D eigenvalue weighted by molar-refractivity contribution is 0.101. The van der Waals surface area contributed by atoms with Gasteiger partial charge in [-0.05, 0) is 47.5 Å². The molecule has 0 atom stereocenters. The van der Waals surface area contributed by atoms with Crippen LogP contribution in [-0.4, -0.2) is 15.5 Å². The van der Waals surface area contributed by atoms with Crippen molar-refractivity contribution in [3.8, 4) is 0 Å². The summed E-state index contributed by atoms with van der Waals surface area (Å²) in [6.45, 7) is 4.57. The molecular formula is C13H13BrClN3O. The van der Waals surface area contributed by atoms with E-state index in [9.17, 15) is 4.79 Å². The van der Waals surface area contributed by atoms with Crippen molar-refractivity contribution in [2.45, 2.75) is 20.4 Å². The predicted octanol–water partition coefficient (Wildman–Crippen LogP) is 3.88. The molecule has 0 radical (unpaired) electrons. The summed E-state index contributed by atoms with van der Waals surface area (Å²) in [7, 11) is 0. The van der Waals surface area contributed by atoms with Crippen LogP contribution in [0.5, 0.6) is 0 Å². The van der Waals surface area contributed by atoms with Gasteiger partial charge in [-0.2, -0.15) is 0 Å². The minimum absolute atomic E-state index is 0.219. The Morgan fingerprint density at radius 1 is 1.53 bits per heavy atom. The van der Waals surface area contributed by atoms with Gasteiger partial charge in [0, 0.05) is 23.4 Å². The number of anilines is 1. The number of hydrogen-bond acceptors (Lipinski definition) is 2. The van der Waals surface area contributed by atoms with E-state index < -0.39 is 0 Å². The molecule has 4 nitrogen and oxygen atoms in total. The molecule has 2 heterocycles. The first-order chi connectivity index (χ1) is 9.01. The standard InChI is InChI=1S/C13H13BrClN3O/c1-3-18-7-9(15)5-11(18)13(19)17-12-4-8(2)10(14)6-16-12/h4-7H,3H2,1-2H3,(H,16,17,19). The summed E-state index contributed by atoms with van der Waals surface area (Å²) in [6, 6.07) is 3.45. The molecule has 0 fully saturated rings. The van der Waals surface area contributed by atoms with E-state index >= 15 is 0 Å². The molecule has 0 unspecified atom stereocenters. The molecule has 0 aromatic carbocycles. The van der Waals surface area contributed by atoms with Gasteiger partial charge in [0.05, 0.1) is 5.02 Å². The van der Waals surface area contributed by atoms with Gasteiger partial charge in [0.2, 0.25) is 0 Å². The second-order valence-corrected chi connectivity index (χ2v) is 5.39. The summed E-state index contributed by atoms with van der Waals surface area (Å²) in [6.07, 6.45) is 3.40. The van der Waals surface area contributed by atoms with Crippen molar-refractivity contribution >= 4 is 39.3 Å². The lowest BCUT2D eigenvalue weighted by Gasteiger charge is -2.08. The van der Waals surface area contributed by atoms with E-state index in [0.29, 0.717) is 23.1 Å². The quantitative estimate of drug-likeness (QED) is 0.920. The molecule has 2 aromatic rings. The van der Waals surface area contributed by atoms with E-state index in [1.54, 1.807) is 23.0 Å². The number of nitrogens with one attached hydrogen (secondary N) is 1. The highest BCUT2D eigenvalue weighted by molar-refractivity contribution is 9.10. The minimum atomic E-state index is -0.219. The maximum absolute atomic E-state index is 12.2. The monoisotopic (exact) mass is 341 g/mol. The van der Waals surface area contributed by atoms with Crippen molar-refractivity contribution in [3.05, 3.63) is 45.3 Å². The van der Waals surface area contributed by atoms with E-state index in [0.717, 1.165) is 10.0 Å². The molecule has 0 bridgehead atoms. The molecule has 0 aliphatic rings. The lowest BCUT2D eigenvalue weighted by atomic mass is 10.3. The first-order valence-corrected chi connectivity index (χ1v) is 6.97. The number of amides is 1. The predicted molar refractivity (Wildman–Crippen MR) is 79.7 cm³/mol. The van der Waals surface area contributed by atoms with Crippen LogP contribution < -0.4 is 5.32 Å². The molecule has 0 aliphatic carbocycles. The highest BCUT2D eigenvalue weighted by Gasteiger charge is 2.13. The third-order valence-corrected chi connectivity index (χ3v) is 3.76. The average Bonchev–Trinajstić information content (AvgIpc) is 2.75. The fourth-order valence-electron chi connectivity index (χ4n) is 1.71. The molecular weight excluding hydrogens is 330 g/mol. The van der Waals surface area contributed by atoms with E-state index in [4.69, 9.17) is 11.6 Å². The van der Waals surface area contributed by atoms with E-state index in [-0.39, 0.29) is 5.91 Å². The number of aryl methyl sites for hydroxylation is 2. The minimum Gasteiger partial charge on any atom is -0.342 e. The number of carbonyl (C=O) groups excluding carboxylic acids is 1. The van der Waals surface area contributed by atoms with Crippen LogP contribution in [0.3, 0.4) is 0 Å². The van der Waals surface area contributed by atoms with Crippen molar-refractivity contribution in [1.29, 1.82) is 0 Å². The van der Waals surface area contributed by atoms with E-state index in [2.05, 4.69) is 26.2 Å². The molecule has 6 heteroatoms. The molecule has 1 amide bonds. The van der Waals surface area contributed by atoms with Crippen LogP contribution in [0.25, 0.3) is 0 Å². The molecule has 0 aliphatic heterocycles. The van der Waals surface area contributed by atoms with Gasteiger partial charge in [-0.25, -0.2) is 4.98 Å². The van der Waals surface area contributed by atoms with Gasteiger partial charge in [0.25, 0.3) is 5.91 Å². The Hall–Kier alpha value is -1.33. The molecule has 0 spiro atoms. The van der Waals surface area contributed by atoms with E-state index in [1.807, 2.05) is 19.9 Å². The van der Waals surface area contributed by atoms with E-state index in [1.165, 1.54) is 0 Å². The Morgan fingerprint density at radius 3 is 2.89 bits per heavy atom. The second-order valence-electron chi connectivity index (χ2n) is 4.10. The van der Waals surface area contributed by atoms with Crippen molar-refractivity contribution in [2.24, 2.45) is 0 Å². The number of aromatic nitrogens is 2. The summed E-state index contributed by atoms with van der Waals surface area (Å²) >= 11 is 9.28. The Bertz CT molecular complexity index is 624. The third kappa shape index (κ3) is 3.16.